The second-order valence-corrected chi connectivity index (χ2v) is 5.62. The van der Waals surface area contributed by atoms with Gasteiger partial charge in [-0.3, -0.25) is 9.48 Å². The summed E-state index contributed by atoms with van der Waals surface area (Å²) in [6, 6.07) is 2.13. The van der Waals surface area contributed by atoms with E-state index in [4.69, 9.17) is 4.74 Å². The third-order valence-electron chi connectivity index (χ3n) is 4.13. The molecule has 0 bridgehead atoms. The highest BCUT2D eigenvalue weighted by atomic mass is 16.5. The molecule has 0 spiro atoms. The minimum Gasteiger partial charge on any atom is -0.381 e. The summed E-state index contributed by atoms with van der Waals surface area (Å²) < 4.78 is 7.30. The monoisotopic (exact) mass is 278 g/mol. The standard InChI is InChI=1S/C14H22N4O2/c19-14(16-8-11-2-5-20-6-3-11)7-13-10-15-9-12-1-4-17-18(12)13/h1,4,11,13,15H,2-3,5-10H2,(H,16,19)/t13-/m0/s1. The molecule has 0 unspecified atom stereocenters. The summed E-state index contributed by atoms with van der Waals surface area (Å²) in [6.45, 7) is 4.06. The van der Waals surface area contributed by atoms with Crippen molar-refractivity contribution < 1.29 is 9.53 Å². The van der Waals surface area contributed by atoms with Crippen LogP contribution in [-0.4, -0.2) is 42.0 Å². The number of hydrogen-bond acceptors (Lipinski definition) is 4. The number of hydrogen-bond donors (Lipinski definition) is 2. The van der Waals surface area contributed by atoms with Gasteiger partial charge in [-0.2, -0.15) is 5.10 Å². The predicted molar refractivity (Wildman–Crippen MR) is 74.1 cm³/mol. The van der Waals surface area contributed by atoms with Crippen LogP contribution in [0.2, 0.25) is 0 Å². The van der Waals surface area contributed by atoms with Crippen molar-refractivity contribution >= 4 is 5.91 Å². The van der Waals surface area contributed by atoms with Crippen molar-refractivity contribution in [3.05, 3.63) is 18.0 Å². The lowest BCUT2D eigenvalue weighted by molar-refractivity contribution is -0.122. The van der Waals surface area contributed by atoms with Gasteiger partial charge in [-0.1, -0.05) is 0 Å². The fraction of sp³-hybridized carbons (Fsp3) is 0.714. The molecular formula is C14H22N4O2. The quantitative estimate of drug-likeness (QED) is 0.839. The molecule has 1 saturated heterocycles. The average molecular weight is 278 g/mol. The summed E-state index contributed by atoms with van der Waals surface area (Å²) >= 11 is 0. The summed E-state index contributed by atoms with van der Waals surface area (Å²) in [7, 11) is 0. The van der Waals surface area contributed by atoms with E-state index in [-0.39, 0.29) is 11.9 Å². The Kier molecular flexibility index (Phi) is 4.32. The van der Waals surface area contributed by atoms with E-state index >= 15 is 0 Å². The molecule has 0 saturated carbocycles. The molecule has 1 amide bonds. The molecule has 1 fully saturated rings. The van der Waals surface area contributed by atoms with Gasteiger partial charge in [0.1, 0.15) is 0 Å². The molecule has 20 heavy (non-hydrogen) atoms. The number of ether oxygens (including phenoxy) is 1. The van der Waals surface area contributed by atoms with E-state index in [1.165, 1.54) is 0 Å². The van der Waals surface area contributed by atoms with Gasteiger partial charge in [-0.25, -0.2) is 0 Å². The molecule has 1 aromatic rings. The molecule has 3 rings (SSSR count). The first-order valence-electron chi connectivity index (χ1n) is 7.40. The van der Waals surface area contributed by atoms with Crippen LogP contribution in [0.15, 0.2) is 12.3 Å². The van der Waals surface area contributed by atoms with Gasteiger partial charge in [0.05, 0.1) is 18.2 Å². The first-order chi connectivity index (χ1) is 9.83. The number of rotatable bonds is 4. The molecule has 1 atom stereocenters. The van der Waals surface area contributed by atoms with Crippen molar-refractivity contribution in [3.8, 4) is 0 Å². The van der Waals surface area contributed by atoms with E-state index < -0.39 is 0 Å². The summed E-state index contributed by atoms with van der Waals surface area (Å²) in [5.41, 5.74) is 1.15. The first kappa shape index (κ1) is 13.6. The van der Waals surface area contributed by atoms with Crippen molar-refractivity contribution in [1.29, 1.82) is 0 Å². The Labute approximate surface area is 118 Å². The van der Waals surface area contributed by atoms with Gasteiger partial charge in [0.2, 0.25) is 5.91 Å². The lowest BCUT2D eigenvalue weighted by Crippen LogP contribution is -2.38. The second-order valence-electron chi connectivity index (χ2n) is 5.62. The zero-order valence-corrected chi connectivity index (χ0v) is 11.7. The maximum atomic E-state index is 12.1. The van der Waals surface area contributed by atoms with E-state index in [1.807, 2.05) is 10.7 Å². The number of carbonyl (C=O) groups excluding carboxylic acids is 1. The lowest BCUT2D eigenvalue weighted by atomic mass is 10.0. The van der Waals surface area contributed by atoms with Gasteiger partial charge in [-0.05, 0) is 24.8 Å². The molecular weight excluding hydrogens is 256 g/mol. The molecule has 6 heteroatoms. The molecule has 2 aliphatic rings. The van der Waals surface area contributed by atoms with Crippen LogP contribution in [0.1, 0.15) is 31.0 Å². The smallest absolute Gasteiger partial charge is 0.222 e. The average Bonchev–Trinajstić information content (AvgIpc) is 2.96. The number of aromatic nitrogens is 2. The summed E-state index contributed by atoms with van der Waals surface area (Å²) in [5.74, 6) is 0.684. The van der Waals surface area contributed by atoms with E-state index in [0.29, 0.717) is 12.3 Å². The van der Waals surface area contributed by atoms with Crippen LogP contribution >= 0.6 is 0 Å². The van der Waals surface area contributed by atoms with Crippen LogP contribution < -0.4 is 10.6 Å². The Balaban J connectivity index is 1.47. The number of nitrogens with one attached hydrogen (secondary N) is 2. The molecule has 6 nitrogen and oxygen atoms in total. The maximum absolute atomic E-state index is 12.1. The summed E-state index contributed by atoms with van der Waals surface area (Å²) in [6.07, 6.45) is 4.39. The highest BCUT2D eigenvalue weighted by Crippen LogP contribution is 2.17. The Morgan fingerprint density at radius 2 is 2.35 bits per heavy atom. The second kappa shape index (κ2) is 6.37. The van der Waals surface area contributed by atoms with Crippen LogP contribution in [-0.2, 0) is 16.1 Å². The normalized spacial score (nSPS) is 23.3. The summed E-state index contributed by atoms with van der Waals surface area (Å²) in [4.78, 5) is 12.1. The number of amides is 1. The van der Waals surface area contributed by atoms with Crippen molar-refractivity contribution in [2.75, 3.05) is 26.3 Å². The maximum Gasteiger partial charge on any atom is 0.222 e. The highest BCUT2D eigenvalue weighted by molar-refractivity contribution is 5.76. The zero-order valence-electron chi connectivity index (χ0n) is 11.7. The van der Waals surface area contributed by atoms with Crippen molar-refractivity contribution in [3.63, 3.8) is 0 Å². The fourth-order valence-electron chi connectivity index (χ4n) is 2.92. The highest BCUT2D eigenvalue weighted by Gasteiger charge is 2.23. The predicted octanol–water partition coefficient (Wildman–Crippen LogP) is 0.460. The van der Waals surface area contributed by atoms with Crippen molar-refractivity contribution in [2.24, 2.45) is 5.92 Å². The van der Waals surface area contributed by atoms with Gasteiger partial charge in [0.25, 0.3) is 0 Å². The largest absolute Gasteiger partial charge is 0.381 e. The van der Waals surface area contributed by atoms with Crippen LogP contribution in [0.25, 0.3) is 0 Å². The van der Waals surface area contributed by atoms with Crippen LogP contribution in [0.5, 0.6) is 0 Å². The first-order valence-corrected chi connectivity index (χ1v) is 7.40. The molecule has 0 radical (unpaired) electrons. The van der Waals surface area contributed by atoms with Crippen LogP contribution in [0.3, 0.4) is 0 Å². The molecule has 2 N–H and O–H groups in total. The molecule has 110 valence electrons. The molecule has 0 aromatic carbocycles. The topological polar surface area (TPSA) is 68.2 Å². The minimum atomic E-state index is 0.117. The van der Waals surface area contributed by atoms with Crippen LogP contribution in [0, 0.1) is 5.92 Å². The minimum absolute atomic E-state index is 0.117. The lowest BCUT2D eigenvalue weighted by Gasteiger charge is -2.26. The SMILES string of the molecule is O=C(C[C@H]1CNCc2ccnn21)NCC1CCOCC1. The van der Waals surface area contributed by atoms with Gasteiger partial charge < -0.3 is 15.4 Å². The van der Waals surface area contributed by atoms with Gasteiger partial charge in [-0.15, -0.1) is 0 Å². The van der Waals surface area contributed by atoms with E-state index in [2.05, 4.69) is 15.7 Å². The zero-order chi connectivity index (χ0) is 13.8. The third-order valence-corrected chi connectivity index (χ3v) is 4.13. The molecule has 1 aromatic heterocycles. The molecule has 0 aliphatic carbocycles. The summed E-state index contributed by atoms with van der Waals surface area (Å²) in [5, 5.41) is 10.7. The van der Waals surface area contributed by atoms with E-state index in [9.17, 15) is 4.79 Å². The number of nitrogens with zero attached hydrogens (tertiary/aromatic N) is 2. The Morgan fingerprint density at radius 3 is 3.20 bits per heavy atom. The Hall–Kier alpha value is -1.40. The van der Waals surface area contributed by atoms with E-state index in [0.717, 1.165) is 51.4 Å². The van der Waals surface area contributed by atoms with Gasteiger partial charge in [0.15, 0.2) is 0 Å². The van der Waals surface area contributed by atoms with Crippen molar-refractivity contribution in [2.45, 2.75) is 31.8 Å². The van der Waals surface area contributed by atoms with Crippen LogP contribution in [0.4, 0.5) is 0 Å². The Bertz CT molecular complexity index is 454. The third kappa shape index (κ3) is 3.19. The molecule has 2 aliphatic heterocycles. The number of carbonyl (C=O) groups is 1. The van der Waals surface area contributed by atoms with Gasteiger partial charge in [0, 0.05) is 39.0 Å². The fourth-order valence-corrected chi connectivity index (χ4v) is 2.92. The Morgan fingerprint density at radius 1 is 1.50 bits per heavy atom. The molecule has 3 heterocycles. The number of fused-ring (bicyclic) bond motifs is 1. The van der Waals surface area contributed by atoms with E-state index in [1.54, 1.807) is 6.20 Å². The van der Waals surface area contributed by atoms with Gasteiger partial charge >= 0.3 is 0 Å². The van der Waals surface area contributed by atoms with Crippen molar-refractivity contribution in [1.82, 2.24) is 20.4 Å².